The first-order valence-corrected chi connectivity index (χ1v) is 6.61. The maximum atomic E-state index is 5.51. The molecule has 0 atom stereocenters. The van der Waals surface area contributed by atoms with Crippen molar-refractivity contribution < 1.29 is 9.47 Å². The highest BCUT2D eigenvalue weighted by Crippen LogP contribution is 1.98. The molecule has 0 aromatic rings. The molecule has 0 aliphatic rings. The van der Waals surface area contributed by atoms with Gasteiger partial charge in [0.05, 0.1) is 13.2 Å². The first kappa shape index (κ1) is 15.9. The summed E-state index contributed by atoms with van der Waals surface area (Å²) in [4.78, 5) is 2.41. The van der Waals surface area contributed by atoms with E-state index in [0.717, 1.165) is 52.4 Å². The molecule has 0 aliphatic carbocycles. The van der Waals surface area contributed by atoms with Gasteiger partial charge in [-0.3, -0.25) is 4.90 Å². The lowest BCUT2D eigenvalue weighted by atomic mass is 10.3. The molecule has 0 aliphatic heterocycles. The minimum atomic E-state index is 0.565. The van der Waals surface area contributed by atoms with Gasteiger partial charge in [-0.1, -0.05) is 13.8 Å². The molecule has 0 saturated carbocycles. The van der Waals surface area contributed by atoms with Gasteiger partial charge in [0, 0.05) is 32.3 Å². The van der Waals surface area contributed by atoms with Crippen LogP contribution >= 0.6 is 0 Å². The SMILES string of the molecule is CCCOCCN(CCOCCC)C(C)C. The summed E-state index contributed by atoms with van der Waals surface area (Å²) in [5, 5.41) is 0. The van der Waals surface area contributed by atoms with E-state index in [9.17, 15) is 0 Å². The monoisotopic (exact) mass is 231 g/mol. The van der Waals surface area contributed by atoms with E-state index in [0.29, 0.717) is 6.04 Å². The van der Waals surface area contributed by atoms with Crippen LogP contribution in [-0.2, 0) is 9.47 Å². The summed E-state index contributed by atoms with van der Waals surface area (Å²) in [7, 11) is 0. The van der Waals surface area contributed by atoms with E-state index in [4.69, 9.17) is 9.47 Å². The zero-order valence-electron chi connectivity index (χ0n) is 11.5. The van der Waals surface area contributed by atoms with Gasteiger partial charge in [0.25, 0.3) is 0 Å². The van der Waals surface area contributed by atoms with Gasteiger partial charge in [0.15, 0.2) is 0 Å². The van der Waals surface area contributed by atoms with Crippen LogP contribution in [0.3, 0.4) is 0 Å². The molecule has 0 bridgehead atoms. The third kappa shape index (κ3) is 9.13. The third-order valence-electron chi connectivity index (χ3n) is 2.47. The van der Waals surface area contributed by atoms with Gasteiger partial charge in [-0.25, -0.2) is 0 Å². The van der Waals surface area contributed by atoms with E-state index in [1.807, 2.05) is 0 Å². The molecule has 0 unspecified atom stereocenters. The Morgan fingerprint density at radius 3 is 1.56 bits per heavy atom. The van der Waals surface area contributed by atoms with Crippen LogP contribution in [0.5, 0.6) is 0 Å². The number of hydrogen-bond acceptors (Lipinski definition) is 3. The molecule has 0 saturated heterocycles. The lowest BCUT2D eigenvalue weighted by Gasteiger charge is -2.26. The van der Waals surface area contributed by atoms with E-state index >= 15 is 0 Å². The van der Waals surface area contributed by atoms with E-state index in [2.05, 4.69) is 32.6 Å². The van der Waals surface area contributed by atoms with Gasteiger partial charge in [-0.05, 0) is 26.7 Å². The lowest BCUT2D eigenvalue weighted by molar-refractivity contribution is 0.0628. The zero-order valence-corrected chi connectivity index (χ0v) is 11.5. The number of hydrogen-bond donors (Lipinski definition) is 0. The van der Waals surface area contributed by atoms with E-state index in [-0.39, 0.29) is 0 Å². The van der Waals surface area contributed by atoms with Crippen LogP contribution in [0.15, 0.2) is 0 Å². The minimum absolute atomic E-state index is 0.565. The summed E-state index contributed by atoms with van der Waals surface area (Å²) in [6.07, 6.45) is 2.20. The highest BCUT2D eigenvalue weighted by molar-refractivity contribution is 4.62. The third-order valence-corrected chi connectivity index (χ3v) is 2.47. The minimum Gasteiger partial charge on any atom is -0.380 e. The van der Waals surface area contributed by atoms with Gasteiger partial charge in [0.1, 0.15) is 0 Å². The Morgan fingerprint density at radius 2 is 1.25 bits per heavy atom. The molecule has 0 aromatic carbocycles. The smallest absolute Gasteiger partial charge is 0.0593 e. The van der Waals surface area contributed by atoms with Crippen molar-refractivity contribution in [1.82, 2.24) is 4.90 Å². The highest BCUT2D eigenvalue weighted by atomic mass is 16.5. The molecule has 3 nitrogen and oxygen atoms in total. The standard InChI is InChI=1S/C13H29NO2/c1-5-9-15-11-7-14(13(3)4)8-12-16-10-6-2/h13H,5-12H2,1-4H3. The van der Waals surface area contributed by atoms with Crippen molar-refractivity contribution in [3.05, 3.63) is 0 Å². The van der Waals surface area contributed by atoms with Gasteiger partial charge in [-0.2, -0.15) is 0 Å². The lowest BCUT2D eigenvalue weighted by Crippen LogP contribution is -2.36. The molecule has 16 heavy (non-hydrogen) atoms. The van der Waals surface area contributed by atoms with Crippen LogP contribution in [0.1, 0.15) is 40.5 Å². The van der Waals surface area contributed by atoms with E-state index < -0.39 is 0 Å². The van der Waals surface area contributed by atoms with Crippen molar-refractivity contribution in [3.63, 3.8) is 0 Å². The van der Waals surface area contributed by atoms with E-state index in [1.165, 1.54) is 0 Å². The van der Waals surface area contributed by atoms with Crippen LogP contribution in [0.25, 0.3) is 0 Å². The van der Waals surface area contributed by atoms with Crippen molar-refractivity contribution in [3.8, 4) is 0 Å². The highest BCUT2D eigenvalue weighted by Gasteiger charge is 2.08. The average Bonchev–Trinajstić information content (AvgIpc) is 2.26. The second kappa shape index (κ2) is 11.4. The Bertz CT molecular complexity index is 128. The van der Waals surface area contributed by atoms with Gasteiger partial charge < -0.3 is 9.47 Å². The van der Waals surface area contributed by atoms with Crippen molar-refractivity contribution in [2.45, 2.75) is 46.6 Å². The van der Waals surface area contributed by atoms with Crippen molar-refractivity contribution >= 4 is 0 Å². The van der Waals surface area contributed by atoms with Gasteiger partial charge >= 0.3 is 0 Å². The first-order valence-electron chi connectivity index (χ1n) is 6.61. The molecule has 0 heterocycles. The number of ether oxygens (including phenoxy) is 2. The maximum Gasteiger partial charge on any atom is 0.0593 e. The molecule has 0 N–H and O–H groups in total. The predicted molar refractivity (Wildman–Crippen MR) is 68.9 cm³/mol. The zero-order chi connectivity index (χ0) is 12.2. The second-order valence-electron chi connectivity index (χ2n) is 4.35. The van der Waals surface area contributed by atoms with Crippen LogP contribution < -0.4 is 0 Å². The number of rotatable bonds is 11. The normalized spacial score (nSPS) is 11.6. The summed E-state index contributed by atoms with van der Waals surface area (Å²) in [5.41, 5.74) is 0. The summed E-state index contributed by atoms with van der Waals surface area (Å²) >= 11 is 0. The van der Waals surface area contributed by atoms with Gasteiger partial charge in [-0.15, -0.1) is 0 Å². The molecule has 98 valence electrons. The fourth-order valence-electron chi connectivity index (χ4n) is 1.48. The van der Waals surface area contributed by atoms with Crippen LogP contribution in [-0.4, -0.2) is 50.5 Å². The molecular formula is C13H29NO2. The summed E-state index contributed by atoms with van der Waals surface area (Å²) in [6, 6.07) is 0.565. The van der Waals surface area contributed by atoms with Crippen LogP contribution in [0.2, 0.25) is 0 Å². The summed E-state index contributed by atoms with van der Waals surface area (Å²) in [5.74, 6) is 0. The predicted octanol–water partition coefficient (Wildman–Crippen LogP) is 2.55. The molecule has 3 heteroatoms. The Hall–Kier alpha value is -0.120. The molecule has 0 spiro atoms. The van der Waals surface area contributed by atoms with Crippen LogP contribution in [0.4, 0.5) is 0 Å². The van der Waals surface area contributed by atoms with Gasteiger partial charge in [0.2, 0.25) is 0 Å². The topological polar surface area (TPSA) is 21.7 Å². The molecule has 0 radical (unpaired) electrons. The Labute approximate surface area is 101 Å². The van der Waals surface area contributed by atoms with E-state index in [1.54, 1.807) is 0 Å². The Kier molecular flexibility index (Phi) is 11.3. The fourth-order valence-corrected chi connectivity index (χ4v) is 1.48. The molecule has 0 rings (SSSR count). The van der Waals surface area contributed by atoms with Crippen molar-refractivity contribution in [1.29, 1.82) is 0 Å². The average molecular weight is 231 g/mol. The van der Waals surface area contributed by atoms with Crippen molar-refractivity contribution in [2.24, 2.45) is 0 Å². The maximum absolute atomic E-state index is 5.51. The molecule has 0 amide bonds. The largest absolute Gasteiger partial charge is 0.380 e. The fraction of sp³-hybridized carbons (Fsp3) is 1.00. The molecule has 0 aromatic heterocycles. The first-order chi connectivity index (χ1) is 7.72. The molecular weight excluding hydrogens is 202 g/mol. The summed E-state index contributed by atoms with van der Waals surface area (Å²) < 4.78 is 11.0. The Morgan fingerprint density at radius 1 is 0.812 bits per heavy atom. The Balaban J connectivity index is 3.54. The molecule has 0 fully saturated rings. The summed E-state index contributed by atoms with van der Waals surface area (Å²) in [6.45, 7) is 14.1. The quantitative estimate of drug-likeness (QED) is 0.510. The number of nitrogens with zero attached hydrogens (tertiary/aromatic N) is 1. The van der Waals surface area contributed by atoms with Crippen LogP contribution in [0, 0.1) is 0 Å². The second-order valence-corrected chi connectivity index (χ2v) is 4.35. The van der Waals surface area contributed by atoms with Crippen molar-refractivity contribution in [2.75, 3.05) is 39.5 Å².